The van der Waals surface area contributed by atoms with E-state index < -0.39 is 5.41 Å². The number of hydrogen-bond donors (Lipinski definition) is 3. The van der Waals surface area contributed by atoms with Crippen molar-refractivity contribution >= 4 is 0 Å². The largest absolute Gasteiger partial charge is 0.507 e. The van der Waals surface area contributed by atoms with Gasteiger partial charge in [-0.1, -0.05) is 50.2 Å². The third-order valence-corrected chi connectivity index (χ3v) is 6.71. The molecule has 3 N–H and O–H groups in total. The van der Waals surface area contributed by atoms with E-state index in [1.165, 1.54) is 0 Å². The van der Waals surface area contributed by atoms with Crippen molar-refractivity contribution in [3.63, 3.8) is 0 Å². The zero-order valence-corrected chi connectivity index (χ0v) is 19.9. The monoisotopic (exact) mass is 418 g/mol. The fraction of sp³-hybridized carbons (Fsp3) is 0.357. The Morgan fingerprint density at radius 1 is 0.484 bits per heavy atom. The van der Waals surface area contributed by atoms with Crippen LogP contribution in [-0.2, 0) is 5.41 Å². The summed E-state index contributed by atoms with van der Waals surface area (Å²) in [4.78, 5) is 0. The molecule has 0 atom stereocenters. The molecule has 31 heavy (non-hydrogen) atoms. The average molecular weight is 419 g/mol. The molecule has 0 saturated carbocycles. The lowest BCUT2D eigenvalue weighted by Crippen LogP contribution is -2.36. The minimum absolute atomic E-state index is 0.155. The van der Waals surface area contributed by atoms with Crippen LogP contribution in [0.2, 0.25) is 0 Å². The van der Waals surface area contributed by atoms with Gasteiger partial charge in [-0.25, -0.2) is 0 Å². The normalized spacial score (nSPS) is 11.9. The molecule has 3 aromatic rings. The fourth-order valence-electron chi connectivity index (χ4n) is 5.05. The second-order valence-electron chi connectivity index (χ2n) is 9.34. The van der Waals surface area contributed by atoms with E-state index in [1.807, 2.05) is 41.5 Å². The van der Waals surface area contributed by atoms with E-state index in [9.17, 15) is 15.3 Å². The van der Waals surface area contributed by atoms with Crippen LogP contribution >= 0.6 is 0 Å². The summed E-state index contributed by atoms with van der Waals surface area (Å²) in [5, 5.41) is 31.4. The van der Waals surface area contributed by atoms with Gasteiger partial charge in [0.2, 0.25) is 0 Å². The Labute approximate surface area is 186 Å². The molecule has 0 spiro atoms. The van der Waals surface area contributed by atoms with Crippen molar-refractivity contribution in [1.29, 1.82) is 0 Å². The summed E-state index contributed by atoms with van der Waals surface area (Å²) in [6.07, 6.45) is 0. The molecule has 0 bridgehead atoms. The lowest BCUT2D eigenvalue weighted by Gasteiger charge is -2.41. The van der Waals surface area contributed by atoms with Gasteiger partial charge >= 0.3 is 0 Å². The van der Waals surface area contributed by atoms with Crippen molar-refractivity contribution in [3.8, 4) is 17.2 Å². The van der Waals surface area contributed by atoms with Gasteiger partial charge in [-0.3, -0.25) is 0 Å². The Morgan fingerprint density at radius 3 is 0.839 bits per heavy atom. The van der Waals surface area contributed by atoms with E-state index in [0.717, 1.165) is 50.1 Å². The summed E-state index contributed by atoms with van der Waals surface area (Å²) in [6.45, 7) is 16.0. The molecular weight excluding hydrogens is 384 g/mol. The molecule has 0 saturated heterocycles. The molecule has 0 fully saturated rings. The van der Waals surface area contributed by atoms with Crippen molar-refractivity contribution in [2.75, 3.05) is 0 Å². The highest BCUT2D eigenvalue weighted by molar-refractivity contribution is 5.60. The molecule has 3 heteroatoms. The molecule has 3 aromatic carbocycles. The highest BCUT2D eigenvalue weighted by Gasteiger charge is 2.41. The zero-order valence-electron chi connectivity index (χ0n) is 19.9. The second kappa shape index (κ2) is 7.96. The van der Waals surface area contributed by atoms with Gasteiger partial charge in [-0.15, -0.1) is 0 Å². The molecule has 0 aromatic heterocycles. The van der Waals surface area contributed by atoms with Gasteiger partial charge < -0.3 is 15.3 Å². The van der Waals surface area contributed by atoms with Crippen LogP contribution in [0.3, 0.4) is 0 Å². The van der Waals surface area contributed by atoms with Crippen molar-refractivity contribution in [3.05, 3.63) is 86.5 Å². The third-order valence-electron chi connectivity index (χ3n) is 6.71. The van der Waals surface area contributed by atoms with Gasteiger partial charge in [0, 0.05) is 5.41 Å². The molecule has 0 aliphatic carbocycles. The Morgan fingerprint density at radius 2 is 0.677 bits per heavy atom. The second-order valence-corrected chi connectivity index (χ2v) is 9.34. The molecular formula is C28H34O3. The Hall–Kier alpha value is -2.94. The van der Waals surface area contributed by atoms with Gasteiger partial charge in [0.1, 0.15) is 17.2 Å². The van der Waals surface area contributed by atoms with Gasteiger partial charge in [-0.2, -0.15) is 0 Å². The number of phenolic OH excluding ortho intramolecular Hbond substituents is 3. The Balaban J connectivity index is 2.54. The SMILES string of the molecule is Cc1cc(C(c2cc(C)c(O)c(C)c2)(c2cc(C)c(O)c(C)c2)C(C)C)cc(C)c1O. The average Bonchev–Trinajstić information content (AvgIpc) is 2.68. The number of hydrogen-bond acceptors (Lipinski definition) is 3. The van der Waals surface area contributed by atoms with Crippen molar-refractivity contribution < 1.29 is 15.3 Å². The minimum Gasteiger partial charge on any atom is -0.507 e. The van der Waals surface area contributed by atoms with Crippen molar-refractivity contribution in [2.24, 2.45) is 5.92 Å². The lowest BCUT2D eigenvalue weighted by atomic mass is 9.61. The minimum atomic E-state index is -0.532. The molecule has 0 aliphatic heterocycles. The van der Waals surface area contributed by atoms with E-state index in [-0.39, 0.29) is 5.92 Å². The maximum atomic E-state index is 10.5. The van der Waals surface area contributed by atoms with Gasteiger partial charge in [0.25, 0.3) is 0 Å². The van der Waals surface area contributed by atoms with E-state index >= 15 is 0 Å². The van der Waals surface area contributed by atoms with E-state index in [1.54, 1.807) is 0 Å². The van der Waals surface area contributed by atoms with Crippen LogP contribution in [0.5, 0.6) is 17.2 Å². The van der Waals surface area contributed by atoms with Crippen LogP contribution in [0, 0.1) is 47.5 Å². The predicted octanol–water partition coefficient (Wildman–Crippen LogP) is 6.64. The molecule has 0 amide bonds. The summed E-state index contributed by atoms with van der Waals surface area (Å²) in [7, 11) is 0. The topological polar surface area (TPSA) is 60.7 Å². The van der Waals surface area contributed by atoms with Gasteiger partial charge in [-0.05, 0) is 97.5 Å². The zero-order chi connectivity index (χ0) is 23.2. The highest BCUT2D eigenvalue weighted by atomic mass is 16.3. The van der Waals surface area contributed by atoms with Gasteiger partial charge in [0.15, 0.2) is 0 Å². The first-order chi connectivity index (χ1) is 14.4. The smallest absolute Gasteiger partial charge is 0.121 e. The molecule has 0 unspecified atom stereocenters. The third kappa shape index (κ3) is 3.56. The summed E-state index contributed by atoms with van der Waals surface area (Å²) in [5.41, 5.74) is 7.73. The van der Waals surface area contributed by atoms with E-state index in [4.69, 9.17) is 0 Å². The first-order valence-corrected chi connectivity index (χ1v) is 10.8. The van der Waals surface area contributed by atoms with Crippen LogP contribution < -0.4 is 0 Å². The summed E-state index contributed by atoms with van der Waals surface area (Å²) < 4.78 is 0. The highest BCUT2D eigenvalue weighted by Crippen LogP contribution is 2.49. The maximum absolute atomic E-state index is 10.5. The number of aromatic hydroxyl groups is 3. The molecule has 0 aliphatic rings. The van der Waals surface area contributed by atoms with Crippen molar-refractivity contribution in [1.82, 2.24) is 0 Å². The fourth-order valence-corrected chi connectivity index (χ4v) is 5.05. The van der Waals surface area contributed by atoms with E-state index in [2.05, 4.69) is 50.2 Å². The molecule has 164 valence electrons. The van der Waals surface area contributed by atoms with Crippen LogP contribution in [0.1, 0.15) is 63.9 Å². The van der Waals surface area contributed by atoms with Crippen LogP contribution in [0.25, 0.3) is 0 Å². The van der Waals surface area contributed by atoms with Crippen molar-refractivity contribution in [2.45, 2.75) is 60.8 Å². The van der Waals surface area contributed by atoms with Crippen LogP contribution in [0.15, 0.2) is 36.4 Å². The number of rotatable bonds is 4. The lowest BCUT2D eigenvalue weighted by molar-refractivity contribution is 0.427. The number of benzene rings is 3. The number of aryl methyl sites for hydroxylation is 6. The standard InChI is InChI=1S/C28H34O3/c1-15(2)28(22-9-16(3)25(29)17(4)10-22,23-11-18(5)26(30)19(6)12-23)24-13-20(7)27(31)21(8)14-24/h9-15,29-31H,1-8H3. The van der Waals surface area contributed by atoms with Gasteiger partial charge in [0.05, 0.1) is 0 Å². The first kappa shape index (κ1) is 22.7. The van der Waals surface area contributed by atoms with Crippen LogP contribution in [-0.4, -0.2) is 15.3 Å². The maximum Gasteiger partial charge on any atom is 0.121 e. The molecule has 0 radical (unpaired) electrons. The summed E-state index contributed by atoms with van der Waals surface area (Å²) in [5.74, 6) is 1.11. The molecule has 0 heterocycles. The van der Waals surface area contributed by atoms with Crippen LogP contribution in [0.4, 0.5) is 0 Å². The Kier molecular flexibility index (Phi) is 5.84. The number of phenols is 3. The first-order valence-electron chi connectivity index (χ1n) is 10.8. The predicted molar refractivity (Wildman–Crippen MR) is 127 cm³/mol. The molecule has 3 rings (SSSR count). The Bertz CT molecular complexity index is 946. The molecule has 3 nitrogen and oxygen atoms in total. The quantitative estimate of drug-likeness (QED) is 0.416. The van der Waals surface area contributed by atoms with E-state index in [0.29, 0.717) is 17.2 Å². The summed E-state index contributed by atoms with van der Waals surface area (Å²) >= 11 is 0. The summed E-state index contributed by atoms with van der Waals surface area (Å²) in [6, 6.07) is 12.4.